The molecule has 2 aromatic heterocycles. The van der Waals surface area contributed by atoms with Crippen molar-refractivity contribution in [3.63, 3.8) is 0 Å². The number of hydrogen-bond acceptors (Lipinski definition) is 4. The van der Waals surface area contributed by atoms with Gasteiger partial charge < -0.3 is 20.4 Å². The Labute approximate surface area is 161 Å². The number of nitrogens with two attached hydrogens (primary N) is 1. The van der Waals surface area contributed by atoms with E-state index < -0.39 is 0 Å². The van der Waals surface area contributed by atoms with E-state index in [1.807, 2.05) is 70.9 Å². The molecule has 0 atom stereocenters. The number of nitrogen functional groups attached to an aromatic ring is 1. The number of ether oxygens (including phenoxy) is 1. The number of fused-ring (bicyclic) bond motifs is 1. The van der Waals surface area contributed by atoms with Crippen LogP contribution in [0.2, 0.25) is 0 Å². The van der Waals surface area contributed by atoms with Crippen LogP contribution in [0, 0.1) is 0 Å². The van der Waals surface area contributed by atoms with Crippen LogP contribution in [0.5, 0.6) is 5.75 Å². The van der Waals surface area contributed by atoms with Crippen molar-refractivity contribution in [1.82, 2.24) is 4.57 Å². The smallest absolute Gasteiger partial charge is 0.272 e. The van der Waals surface area contributed by atoms with Gasteiger partial charge in [0.15, 0.2) is 0 Å². The maximum Gasteiger partial charge on any atom is 0.272 e. The number of para-hydroxylation sites is 1. The molecule has 0 fully saturated rings. The lowest BCUT2D eigenvalue weighted by atomic mass is 10.1. The number of methoxy groups -OCH3 is 1. The van der Waals surface area contributed by atoms with Gasteiger partial charge in [0, 0.05) is 34.3 Å². The van der Waals surface area contributed by atoms with Crippen molar-refractivity contribution < 1.29 is 9.53 Å². The highest BCUT2D eigenvalue weighted by molar-refractivity contribution is 7.08. The minimum atomic E-state index is -0.185. The third kappa shape index (κ3) is 3.04. The van der Waals surface area contributed by atoms with Gasteiger partial charge in [0.25, 0.3) is 5.91 Å². The Balaban J connectivity index is 1.66. The first kappa shape index (κ1) is 17.2. The highest BCUT2D eigenvalue weighted by Gasteiger charge is 2.16. The fourth-order valence-electron chi connectivity index (χ4n) is 3.20. The van der Waals surface area contributed by atoms with Gasteiger partial charge in [-0.3, -0.25) is 4.79 Å². The number of rotatable bonds is 4. The van der Waals surface area contributed by atoms with Gasteiger partial charge in [-0.15, -0.1) is 11.3 Å². The standard InChI is InChI=1S/C21H19N3O2S/c1-24-18-6-4-3-5-14(18)9-19(24)21(25)23-17-8-7-13(10-20(17)26-2)15-11-27-12-16(15)22/h3-12H,22H2,1-2H3,(H,23,25). The van der Waals surface area contributed by atoms with Crippen LogP contribution in [0.1, 0.15) is 10.5 Å². The van der Waals surface area contributed by atoms with Gasteiger partial charge in [0.1, 0.15) is 11.4 Å². The molecule has 0 saturated heterocycles. The van der Waals surface area contributed by atoms with Crippen molar-refractivity contribution in [2.24, 2.45) is 7.05 Å². The maximum absolute atomic E-state index is 12.8. The third-order valence-electron chi connectivity index (χ3n) is 4.64. The number of anilines is 2. The first-order chi connectivity index (χ1) is 13.1. The Morgan fingerprint density at radius 2 is 1.96 bits per heavy atom. The Hall–Kier alpha value is -3.25. The number of hydrogen-bond donors (Lipinski definition) is 2. The van der Waals surface area contributed by atoms with Crippen LogP contribution >= 0.6 is 11.3 Å². The fourth-order valence-corrected chi connectivity index (χ4v) is 3.95. The number of amides is 1. The zero-order valence-corrected chi connectivity index (χ0v) is 15.8. The van der Waals surface area contributed by atoms with E-state index in [0.717, 1.165) is 27.7 Å². The second-order valence-corrected chi connectivity index (χ2v) is 7.00. The van der Waals surface area contributed by atoms with Gasteiger partial charge in [-0.25, -0.2) is 0 Å². The zero-order chi connectivity index (χ0) is 19.0. The summed E-state index contributed by atoms with van der Waals surface area (Å²) in [7, 11) is 3.47. The van der Waals surface area contributed by atoms with Crippen molar-refractivity contribution in [2.75, 3.05) is 18.2 Å². The molecule has 1 amide bonds. The summed E-state index contributed by atoms with van der Waals surface area (Å²) in [5, 5.41) is 7.88. The molecule has 6 heteroatoms. The largest absolute Gasteiger partial charge is 0.495 e. The van der Waals surface area contributed by atoms with Gasteiger partial charge >= 0.3 is 0 Å². The number of nitrogens with one attached hydrogen (secondary N) is 1. The monoisotopic (exact) mass is 377 g/mol. The molecule has 0 saturated carbocycles. The lowest BCUT2D eigenvalue weighted by Crippen LogP contribution is -2.16. The van der Waals surface area contributed by atoms with E-state index >= 15 is 0 Å². The molecule has 2 aromatic carbocycles. The minimum Gasteiger partial charge on any atom is -0.495 e. The first-order valence-electron chi connectivity index (χ1n) is 8.44. The topological polar surface area (TPSA) is 69.3 Å². The molecule has 0 aliphatic heterocycles. The van der Waals surface area contributed by atoms with Gasteiger partial charge in [0.2, 0.25) is 0 Å². The molecule has 136 valence electrons. The highest BCUT2D eigenvalue weighted by Crippen LogP contribution is 2.35. The van der Waals surface area contributed by atoms with Crippen molar-refractivity contribution in [3.05, 3.63) is 65.0 Å². The average Bonchev–Trinajstić information content (AvgIpc) is 3.26. The van der Waals surface area contributed by atoms with Crippen molar-refractivity contribution in [1.29, 1.82) is 0 Å². The van der Waals surface area contributed by atoms with Crippen LogP contribution in [0.4, 0.5) is 11.4 Å². The Morgan fingerprint density at radius 1 is 1.15 bits per heavy atom. The number of carbonyl (C=O) groups excluding carboxylic acids is 1. The Bertz CT molecular complexity index is 1140. The van der Waals surface area contributed by atoms with Crippen molar-refractivity contribution in [3.8, 4) is 16.9 Å². The second-order valence-electron chi connectivity index (χ2n) is 6.26. The van der Waals surface area contributed by atoms with Crippen LogP contribution in [0.15, 0.2) is 59.3 Å². The third-order valence-corrected chi connectivity index (χ3v) is 5.40. The molecular formula is C21H19N3O2S. The van der Waals surface area contributed by atoms with E-state index in [2.05, 4.69) is 5.32 Å². The maximum atomic E-state index is 12.8. The van der Waals surface area contributed by atoms with Crippen LogP contribution in [-0.4, -0.2) is 17.6 Å². The number of aromatic nitrogens is 1. The van der Waals surface area contributed by atoms with Gasteiger partial charge in [0.05, 0.1) is 18.5 Å². The molecule has 4 aromatic rings. The quantitative estimate of drug-likeness (QED) is 0.539. The van der Waals surface area contributed by atoms with Gasteiger partial charge in [-0.1, -0.05) is 24.3 Å². The Kier molecular flexibility index (Phi) is 4.33. The molecule has 0 unspecified atom stereocenters. The molecule has 0 radical (unpaired) electrons. The van der Waals surface area contributed by atoms with E-state index in [1.54, 1.807) is 18.4 Å². The molecule has 2 heterocycles. The highest BCUT2D eigenvalue weighted by atomic mass is 32.1. The summed E-state index contributed by atoms with van der Waals surface area (Å²) in [5.74, 6) is 0.403. The summed E-state index contributed by atoms with van der Waals surface area (Å²) in [4.78, 5) is 12.8. The summed E-state index contributed by atoms with van der Waals surface area (Å²) in [5.41, 5.74) is 10.9. The van der Waals surface area contributed by atoms with Crippen LogP contribution in [0.3, 0.4) is 0 Å². The van der Waals surface area contributed by atoms with Crippen LogP contribution in [0.25, 0.3) is 22.0 Å². The SMILES string of the molecule is COc1cc(-c2cscc2N)ccc1NC(=O)c1cc2ccccc2n1C. The molecule has 0 bridgehead atoms. The predicted octanol–water partition coefficient (Wildman–Crippen LogP) is 4.75. The summed E-state index contributed by atoms with van der Waals surface area (Å²) < 4.78 is 7.38. The summed E-state index contributed by atoms with van der Waals surface area (Å²) in [6.07, 6.45) is 0. The summed E-state index contributed by atoms with van der Waals surface area (Å²) in [6.45, 7) is 0. The predicted molar refractivity (Wildman–Crippen MR) is 112 cm³/mol. The fraction of sp³-hybridized carbons (Fsp3) is 0.0952. The first-order valence-corrected chi connectivity index (χ1v) is 9.38. The van der Waals surface area contributed by atoms with Gasteiger partial charge in [-0.2, -0.15) is 0 Å². The lowest BCUT2D eigenvalue weighted by molar-refractivity contribution is 0.101. The van der Waals surface area contributed by atoms with E-state index in [4.69, 9.17) is 10.5 Å². The number of nitrogens with zero attached hydrogens (tertiary/aromatic N) is 1. The van der Waals surface area contributed by atoms with Crippen molar-refractivity contribution >= 4 is 39.5 Å². The minimum absolute atomic E-state index is 0.185. The average molecular weight is 377 g/mol. The molecular weight excluding hydrogens is 358 g/mol. The second kappa shape index (κ2) is 6.81. The Morgan fingerprint density at radius 3 is 2.67 bits per heavy atom. The lowest BCUT2D eigenvalue weighted by Gasteiger charge is -2.12. The molecule has 4 rings (SSSR count). The van der Waals surface area contributed by atoms with Crippen LogP contribution < -0.4 is 15.8 Å². The van der Waals surface area contributed by atoms with E-state index in [9.17, 15) is 4.79 Å². The van der Waals surface area contributed by atoms with Crippen LogP contribution in [-0.2, 0) is 7.05 Å². The molecule has 5 nitrogen and oxygen atoms in total. The van der Waals surface area contributed by atoms with E-state index in [-0.39, 0.29) is 5.91 Å². The molecule has 0 aliphatic rings. The number of carbonyl (C=O) groups is 1. The molecule has 0 aliphatic carbocycles. The van der Waals surface area contributed by atoms with Gasteiger partial charge in [-0.05, 0) is 29.8 Å². The van der Waals surface area contributed by atoms with E-state index in [0.29, 0.717) is 17.1 Å². The van der Waals surface area contributed by atoms with Crippen molar-refractivity contribution in [2.45, 2.75) is 0 Å². The zero-order valence-electron chi connectivity index (χ0n) is 15.0. The summed E-state index contributed by atoms with van der Waals surface area (Å²) in [6, 6.07) is 15.4. The normalized spacial score (nSPS) is 10.9. The number of aryl methyl sites for hydroxylation is 1. The number of benzene rings is 2. The summed E-state index contributed by atoms with van der Waals surface area (Å²) >= 11 is 1.55. The number of thiophene rings is 1. The molecule has 27 heavy (non-hydrogen) atoms. The molecule has 3 N–H and O–H groups in total. The van der Waals surface area contributed by atoms with E-state index in [1.165, 1.54) is 0 Å². The molecule has 0 spiro atoms.